The normalized spacial score (nSPS) is 13.3. The molecule has 1 aromatic heterocycles. The molecule has 0 saturated carbocycles. The highest BCUT2D eigenvalue weighted by atomic mass is 32.2. The van der Waals surface area contributed by atoms with Crippen molar-refractivity contribution < 1.29 is 9.53 Å². The Morgan fingerprint density at radius 2 is 2.00 bits per heavy atom. The van der Waals surface area contributed by atoms with Crippen LogP contribution in [0.15, 0.2) is 52.9 Å². The van der Waals surface area contributed by atoms with Crippen LogP contribution in [0.5, 0.6) is 5.75 Å². The van der Waals surface area contributed by atoms with E-state index in [2.05, 4.69) is 10.3 Å². The molecule has 0 saturated heterocycles. The first kappa shape index (κ1) is 19.7. The van der Waals surface area contributed by atoms with Crippen molar-refractivity contribution in [3.63, 3.8) is 0 Å². The van der Waals surface area contributed by atoms with Crippen LogP contribution in [0.3, 0.4) is 0 Å². The van der Waals surface area contributed by atoms with Crippen LogP contribution in [0, 0.1) is 0 Å². The molecule has 3 rings (SSSR count). The number of thioether (sulfide) groups is 1. The smallest absolute Gasteiger partial charge is 0.234 e. The molecule has 3 aromatic rings. The number of hydrogen-bond donors (Lipinski definition) is 1. The number of carbonyl (C=O) groups is 1. The molecule has 27 heavy (non-hydrogen) atoms. The summed E-state index contributed by atoms with van der Waals surface area (Å²) in [5.74, 6) is 0.903. The van der Waals surface area contributed by atoms with Gasteiger partial charge >= 0.3 is 0 Å². The van der Waals surface area contributed by atoms with Crippen LogP contribution in [0.4, 0.5) is 0 Å². The van der Waals surface area contributed by atoms with Gasteiger partial charge in [-0.3, -0.25) is 4.79 Å². The lowest BCUT2D eigenvalue weighted by Crippen LogP contribution is -2.34. The lowest BCUT2D eigenvalue weighted by molar-refractivity contribution is -0.121. The summed E-state index contributed by atoms with van der Waals surface area (Å²) in [7, 11) is 0. The number of nitrogens with zero attached hydrogens (tertiary/aromatic N) is 1. The molecule has 0 aliphatic carbocycles. The summed E-state index contributed by atoms with van der Waals surface area (Å²) in [6, 6.07) is 15.9. The summed E-state index contributed by atoms with van der Waals surface area (Å²) in [5.41, 5.74) is 2.05. The quantitative estimate of drug-likeness (QED) is 0.511. The molecule has 0 spiro atoms. The molecular weight excluding hydrogens is 376 g/mol. The van der Waals surface area contributed by atoms with Crippen molar-refractivity contribution in [3.05, 3.63) is 54.1 Å². The molecule has 2 aromatic carbocycles. The Bertz CT molecular complexity index is 896. The number of hydrogen-bond acceptors (Lipinski definition) is 5. The van der Waals surface area contributed by atoms with E-state index in [0.29, 0.717) is 6.61 Å². The van der Waals surface area contributed by atoms with E-state index in [0.717, 1.165) is 32.3 Å². The second kappa shape index (κ2) is 9.24. The summed E-state index contributed by atoms with van der Waals surface area (Å²) in [6.07, 6.45) is 0.748. The molecule has 1 N–H and O–H groups in total. The molecule has 0 radical (unpaired) electrons. The third kappa shape index (κ3) is 5.02. The average Bonchev–Trinajstić information content (AvgIpc) is 3.08. The van der Waals surface area contributed by atoms with Gasteiger partial charge < -0.3 is 10.1 Å². The Morgan fingerprint density at radius 1 is 1.22 bits per heavy atom. The van der Waals surface area contributed by atoms with Gasteiger partial charge in [-0.2, -0.15) is 0 Å². The summed E-state index contributed by atoms with van der Waals surface area (Å²) in [4.78, 5) is 17.4. The minimum absolute atomic E-state index is 0.0162. The molecule has 0 fully saturated rings. The number of benzene rings is 2. The van der Waals surface area contributed by atoms with E-state index in [4.69, 9.17) is 4.74 Å². The van der Waals surface area contributed by atoms with Crippen LogP contribution in [-0.4, -0.2) is 22.7 Å². The third-order valence-corrected chi connectivity index (χ3v) is 6.69. The first-order chi connectivity index (χ1) is 13.1. The van der Waals surface area contributed by atoms with Crippen LogP contribution in [-0.2, 0) is 4.79 Å². The van der Waals surface area contributed by atoms with E-state index < -0.39 is 0 Å². The maximum atomic E-state index is 12.7. The van der Waals surface area contributed by atoms with Crippen molar-refractivity contribution >= 4 is 39.2 Å². The number of rotatable bonds is 8. The van der Waals surface area contributed by atoms with Crippen LogP contribution in [0.1, 0.15) is 38.8 Å². The van der Waals surface area contributed by atoms with Gasteiger partial charge in [0.2, 0.25) is 5.91 Å². The molecule has 142 valence electrons. The minimum Gasteiger partial charge on any atom is -0.494 e. The van der Waals surface area contributed by atoms with Gasteiger partial charge in [0.05, 0.1) is 28.1 Å². The van der Waals surface area contributed by atoms with Crippen molar-refractivity contribution in [1.29, 1.82) is 0 Å². The maximum Gasteiger partial charge on any atom is 0.234 e. The summed E-state index contributed by atoms with van der Waals surface area (Å²) in [6.45, 7) is 6.66. The summed E-state index contributed by atoms with van der Waals surface area (Å²) >= 11 is 3.14. The molecule has 4 nitrogen and oxygen atoms in total. The average molecular weight is 401 g/mol. The monoisotopic (exact) mass is 400 g/mol. The zero-order valence-corrected chi connectivity index (χ0v) is 17.4. The van der Waals surface area contributed by atoms with Crippen LogP contribution >= 0.6 is 23.1 Å². The maximum absolute atomic E-state index is 12.7. The number of ether oxygens (including phenoxy) is 1. The molecule has 0 aliphatic rings. The van der Waals surface area contributed by atoms with Gasteiger partial charge in [0.25, 0.3) is 0 Å². The van der Waals surface area contributed by atoms with Crippen molar-refractivity contribution in [2.75, 3.05) is 6.61 Å². The fourth-order valence-corrected chi connectivity index (χ4v) is 5.04. The number of aromatic nitrogens is 1. The number of thiazole rings is 1. The lowest BCUT2D eigenvalue weighted by Gasteiger charge is -2.18. The number of fused-ring (bicyclic) bond motifs is 1. The Labute approximate surface area is 168 Å². The minimum atomic E-state index is -0.164. The molecule has 1 heterocycles. The topological polar surface area (TPSA) is 51.2 Å². The predicted molar refractivity (Wildman–Crippen MR) is 114 cm³/mol. The molecule has 6 heteroatoms. The van der Waals surface area contributed by atoms with Crippen molar-refractivity contribution in [1.82, 2.24) is 10.3 Å². The predicted octanol–water partition coefficient (Wildman–Crippen LogP) is 5.44. The van der Waals surface area contributed by atoms with E-state index in [1.54, 1.807) is 11.3 Å². The van der Waals surface area contributed by atoms with Gasteiger partial charge in [-0.1, -0.05) is 49.0 Å². The van der Waals surface area contributed by atoms with Gasteiger partial charge in [0.1, 0.15) is 5.75 Å². The first-order valence-electron chi connectivity index (χ1n) is 9.16. The largest absolute Gasteiger partial charge is 0.494 e. The number of carbonyl (C=O) groups excluding carboxylic acids is 1. The van der Waals surface area contributed by atoms with Gasteiger partial charge in [-0.15, -0.1) is 11.3 Å². The highest BCUT2D eigenvalue weighted by Gasteiger charge is 2.22. The van der Waals surface area contributed by atoms with Crippen LogP contribution < -0.4 is 10.1 Å². The van der Waals surface area contributed by atoms with E-state index in [9.17, 15) is 4.79 Å². The Kier molecular flexibility index (Phi) is 6.74. The van der Waals surface area contributed by atoms with Gasteiger partial charge in [-0.05, 0) is 44.0 Å². The highest BCUT2D eigenvalue weighted by Crippen LogP contribution is 2.35. The zero-order chi connectivity index (χ0) is 19.2. The first-order valence-corrected chi connectivity index (χ1v) is 10.9. The zero-order valence-electron chi connectivity index (χ0n) is 15.8. The molecule has 2 atom stereocenters. The molecule has 0 aliphatic heterocycles. The second-order valence-corrected chi connectivity index (χ2v) is 8.68. The second-order valence-electron chi connectivity index (χ2n) is 6.20. The van der Waals surface area contributed by atoms with E-state index >= 15 is 0 Å². The van der Waals surface area contributed by atoms with E-state index in [1.807, 2.05) is 69.3 Å². The molecular formula is C21H24N2O2S2. The fourth-order valence-electron chi connectivity index (χ4n) is 2.77. The Morgan fingerprint density at radius 3 is 2.70 bits per heavy atom. The van der Waals surface area contributed by atoms with Crippen LogP contribution in [0.25, 0.3) is 10.2 Å². The SMILES string of the molecule is CCOc1ccc2nc(S[C@H](CC)C(=O)N[C@@H](C)c3ccccc3)sc2c1. The molecule has 0 unspecified atom stereocenters. The number of nitrogens with one attached hydrogen (secondary N) is 1. The summed E-state index contributed by atoms with van der Waals surface area (Å²) in [5, 5.41) is 2.96. The van der Waals surface area contributed by atoms with Crippen molar-refractivity contribution in [2.45, 2.75) is 42.8 Å². The van der Waals surface area contributed by atoms with E-state index in [1.165, 1.54) is 11.8 Å². The number of amides is 1. The fraction of sp³-hybridized carbons (Fsp3) is 0.333. The molecule has 1 amide bonds. The summed E-state index contributed by atoms with van der Waals surface area (Å²) < 4.78 is 7.55. The van der Waals surface area contributed by atoms with Gasteiger partial charge in [-0.25, -0.2) is 4.98 Å². The highest BCUT2D eigenvalue weighted by molar-refractivity contribution is 8.02. The van der Waals surface area contributed by atoms with Gasteiger partial charge in [0, 0.05) is 0 Å². The molecule has 0 bridgehead atoms. The lowest BCUT2D eigenvalue weighted by atomic mass is 10.1. The van der Waals surface area contributed by atoms with Crippen LogP contribution in [0.2, 0.25) is 0 Å². The Hall–Kier alpha value is -2.05. The third-order valence-electron chi connectivity index (χ3n) is 4.22. The van der Waals surface area contributed by atoms with E-state index in [-0.39, 0.29) is 17.2 Å². The standard InChI is InChI=1S/C21H24N2O2S2/c1-4-18(20(24)22-14(3)15-9-7-6-8-10-15)26-21-23-17-12-11-16(25-5-2)13-19(17)27-21/h6-14,18H,4-5H2,1-3H3,(H,22,24)/t14-,18+/m0/s1. The van der Waals surface area contributed by atoms with Crippen molar-refractivity contribution in [3.8, 4) is 5.75 Å². The van der Waals surface area contributed by atoms with Gasteiger partial charge in [0.15, 0.2) is 4.34 Å². The van der Waals surface area contributed by atoms with Crippen molar-refractivity contribution in [2.24, 2.45) is 0 Å². The Balaban J connectivity index is 1.68.